The number of benzene rings is 2. The molecular formula is C18H13N5O6S. The van der Waals surface area contributed by atoms with Crippen molar-refractivity contribution in [2.24, 2.45) is 0 Å². The Morgan fingerprint density at radius 1 is 0.933 bits per heavy atom. The highest BCUT2D eigenvalue weighted by molar-refractivity contribution is 7.80. The van der Waals surface area contributed by atoms with Crippen LogP contribution in [0.2, 0.25) is 0 Å². The van der Waals surface area contributed by atoms with Gasteiger partial charge in [0.2, 0.25) is 0 Å². The maximum Gasteiger partial charge on any atom is 0.293 e. The molecule has 1 amide bonds. The zero-order chi connectivity index (χ0) is 21.7. The molecule has 0 spiro atoms. The molecule has 0 fully saturated rings. The molecule has 12 heteroatoms. The second-order valence-corrected chi connectivity index (χ2v) is 6.22. The Labute approximate surface area is 174 Å². The Kier molecular flexibility index (Phi) is 5.98. The number of nitro benzene ring substituents is 2. The lowest BCUT2D eigenvalue weighted by Crippen LogP contribution is -2.41. The van der Waals surface area contributed by atoms with Gasteiger partial charge in [-0.15, -0.1) is 0 Å². The predicted octanol–water partition coefficient (Wildman–Crippen LogP) is 3.39. The molecule has 30 heavy (non-hydrogen) atoms. The molecule has 0 aliphatic heterocycles. The van der Waals surface area contributed by atoms with E-state index >= 15 is 0 Å². The molecule has 0 aliphatic carbocycles. The van der Waals surface area contributed by atoms with Crippen LogP contribution in [0.4, 0.5) is 17.1 Å². The molecule has 0 unspecified atom stereocenters. The molecule has 3 rings (SSSR count). The fourth-order valence-corrected chi connectivity index (χ4v) is 2.52. The van der Waals surface area contributed by atoms with E-state index in [9.17, 15) is 25.0 Å². The first-order valence-corrected chi connectivity index (χ1v) is 8.71. The van der Waals surface area contributed by atoms with Crippen LogP contribution in [0.25, 0.3) is 11.3 Å². The minimum absolute atomic E-state index is 0.0454. The van der Waals surface area contributed by atoms with Gasteiger partial charge in [0.05, 0.1) is 15.5 Å². The van der Waals surface area contributed by atoms with Crippen molar-refractivity contribution in [3.63, 3.8) is 0 Å². The Morgan fingerprint density at radius 2 is 1.63 bits per heavy atom. The van der Waals surface area contributed by atoms with Gasteiger partial charge >= 0.3 is 0 Å². The molecule has 0 saturated heterocycles. The topological polar surface area (TPSA) is 153 Å². The number of hydrazine groups is 1. The van der Waals surface area contributed by atoms with Gasteiger partial charge in [-0.2, -0.15) is 0 Å². The summed E-state index contributed by atoms with van der Waals surface area (Å²) < 4.78 is 5.46. The smallest absolute Gasteiger partial charge is 0.293 e. The quantitative estimate of drug-likeness (QED) is 0.305. The van der Waals surface area contributed by atoms with Gasteiger partial charge < -0.3 is 4.42 Å². The molecular weight excluding hydrogens is 414 g/mol. The van der Waals surface area contributed by atoms with E-state index < -0.39 is 15.8 Å². The SMILES string of the molecule is O=C(NC(=S)NNc1ccc([N+](=O)[O-])cc1)c1ccc(-c2cccc([N+](=O)[O-])c2)o1. The lowest BCUT2D eigenvalue weighted by Gasteiger charge is -2.10. The molecule has 1 heterocycles. The van der Waals surface area contributed by atoms with Crippen molar-refractivity contribution in [1.29, 1.82) is 0 Å². The van der Waals surface area contributed by atoms with Crippen molar-refractivity contribution in [3.8, 4) is 11.3 Å². The largest absolute Gasteiger partial charge is 0.451 e. The van der Waals surface area contributed by atoms with E-state index in [2.05, 4.69) is 16.2 Å². The fraction of sp³-hybridized carbons (Fsp3) is 0. The van der Waals surface area contributed by atoms with Crippen LogP contribution in [-0.2, 0) is 0 Å². The summed E-state index contributed by atoms with van der Waals surface area (Å²) in [6.07, 6.45) is 0. The molecule has 2 aromatic carbocycles. The summed E-state index contributed by atoms with van der Waals surface area (Å²) in [5.41, 5.74) is 6.04. The lowest BCUT2D eigenvalue weighted by molar-refractivity contribution is -0.385. The second kappa shape index (κ2) is 8.79. The maximum atomic E-state index is 12.3. The van der Waals surface area contributed by atoms with Crippen LogP contribution < -0.4 is 16.2 Å². The Morgan fingerprint density at radius 3 is 2.30 bits per heavy atom. The van der Waals surface area contributed by atoms with Crippen LogP contribution in [0.1, 0.15) is 10.6 Å². The maximum absolute atomic E-state index is 12.3. The third-order valence-corrected chi connectivity index (χ3v) is 4.00. The first-order chi connectivity index (χ1) is 14.3. The van der Waals surface area contributed by atoms with E-state index in [0.29, 0.717) is 11.3 Å². The monoisotopic (exact) mass is 427 g/mol. The van der Waals surface area contributed by atoms with E-state index in [0.717, 1.165) is 0 Å². The standard InChI is InChI=1S/C18H13N5O6S/c24-17(19-18(30)21-20-12-4-6-13(7-5-12)22(25)26)16-9-8-15(29-16)11-2-1-3-14(10-11)23(27)28/h1-10,20H,(H2,19,21,24,30). The molecule has 3 aromatic rings. The van der Waals surface area contributed by atoms with Gasteiger partial charge in [0.1, 0.15) is 5.76 Å². The number of thiocarbonyl (C=S) groups is 1. The van der Waals surface area contributed by atoms with E-state index in [1.165, 1.54) is 54.6 Å². The van der Waals surface area contributed by atoms with Crippen LogP contribution >= 0.6 is 12.2 Å². The van der Waals surface area contributed by atoms with Crippen molar-refractivity contribution >= 4 is 40.3 Å². The number of anilines is 1. The molecule has 0 atom stereocenters. The molecule has 0 radical (unpaired) electrons. The van der Waals surface area contributed by atoms with Crippen LogP contribution in [0.3, 0.4) is 0 Å². The number of hydrogen-bond acceptors (Lipinski definition) is 8. The Bertz CT molecular complexity index is 1130. The normalized spacial score (nSPS) is 10.1. The zero-order valence-corrected chi connectivity index (χ0v) is 15.8. The van der Waals surface area contributed by atoms with Crippen LogP contribution in [0.5, 0.6) is 0 Å². The van der Waals surface area contributed by atoms with Gasteiger partial charge in [-0.05, 0) is 36.5 Å². The number of nitrogens with zero attached hydrogens (tertiary/aromatic N) is 2. The first kappa shape index (κ1) is 20.4. The lowest BCUT2D eigenvalue weighted by atomic mass is 10.1. The van der Waals surface area contributed by atoms with E-state index in [1.807, 2.05) is 0 Å². The van der Waals surface area contributed by atoms with Crippen LogP contribution in [0, 0.1) is 20.2 Å². The summed E-state index contributed by atoms with van der Waals surface area (Å²) in [7, 11) is 0. The fourth-order valence-electron chi connectivity index (χ4n) is 2.38. The highest BCUT2D eigenvalue weighted by atomic mass is 32.1. The molecule has 152 valence electrons. The highest BCUT2D eigenvalue weighted by Crippen LogP contribution is 2.25. The second-order valence-electron chi connectivity index (χ2n) is 5.81. The van der Waals surface area contributed by atoms with Gasteiger partial charge in [-0.25, -0.2) is 0 Å². The van der Waals surface area contributed by atoms with Crippen molar-refractivity contribution in [1.82, 2.24) is 10.7 Å². The average molecular weight is 427 g/mol. The minimum Gasteiger partial charge on any atom is -0.451 e. The summed E-state index contributed by atoms with van der Waals surface area (Å²) in [4.78, 5) is 32.7. The summed E-state index contributed by atoms with van der Waals surface area (Å²) >= 11 is 5.01. The predicted molar refractivity (Wildman–Crippen MR) is 111 cm³/mol. The molecule has 0 aliphatic rings. The number of carbonyl (C=O) groups excluding carboxylic acids is 1. The number of non-ortho nitro benzene ring substituents is 2. The Hall–Kier alpha value is -4.32. The number of amides is 1. The molecule has 3 N–H and O–H groups in total. The van der Waals surface area contributed by atoms with E-state index in [-0.39, 0.29) is 28.0 Å². The summed E-state index contributed by atoms with van der Waals surface area (Å²) in [6, 6.07) is 14.3. The van der Waals surface area contributed by atoms with Gasteiger partial charge in [-0.1, -0.05) is 12.1 Å². The number of hydrogen-bond donors (Lipinski definition) is 3. The van der Waals surface area contributed by atoms with E-state index in [4.69, 9.17) is 16.6 Å². The van der Waals surface area contributed by atoms with Crippen LogP contribution in [0.15, 0.2) is 65.1 Å². The van der Waals surface area contributed by atoms with Crippen LogP contribution in [-0.4, -0.2) is 20.9 Å². The number of nitrogens with one attached hydrogen (secondary N) is 3. The van der Waals surface area contributed by atoms with Gasteiger partial charge in [0.15, 0.2) is 10.9 Å². The molecule has 1 aromatic heterocycles. The number of rotatable bonds is 6. The number of nitro groups is 2. The summed E-state index contributed by atoms with van der Waals surface area (Å²) in [5.74, 6) is -0.391. The molecule has 0 bridgehead atoms. The first-order valence-electron chi connectivity index (χ1n) is 8.30. The Balaban J connectivity index is 1.58. The highest BCUT2D eigenvalue weighted by Gasteiger charge is 2.15. The number of furan rings is 1. The molecule has 11 nitrogen and oxygen atoms in total. The van der Waals surface area contributed by atoms with Crippen molar-refractivity contribution < 1.29 is 19.1 Å². The van der Waals surface area contributed by atoms with Crippen molar-refractivity contribution in [3.05, 3.63) is 86.7 Å². The zero-order valence-electron chi connectivity index (χ0n) is 15.0. The third-order valence-electron chi connectivity index (χ3n) is 3.80. The van der Waals surface area contributed by atoms with Gasteiger partial charge in [0, 0.05) is 29.8 Å². The number of carbonyl (C=O) groups is 1. The summed E-state index contributed by atoms with van der Waals surface area (Å²) in [5, 5.41) is 23.9. The van der Waals surface area contributed by atoms with E-state index in [1.54, 1.807) is 6.07 Å². The van der Waals surface area contributed by atoms with Gasteiger partial charge in [-0.3, -0.25) is 41.2 Å². The van der Waals surface area contributed by atoms with Crippen molar-refractivity contribution in [2.75, 3.05) is 5.43 Å². The third kappa shape index (κ3) is 4.94. The van der Waals surface area contributed by atoms with Crippen molar-refractivity contribution in [2.45, 2.75) is 0 Å². The molecule has 0 saturated carbocycles. The average Bonchev–Trinajstić information content (AvgIpc) is 3.23. The summed E-state index contributed by atoms with van der Waals surface area (Å²) in [6.45, 7) is 0. The van der Waals surface area contributed by atoms with Gasteiger partial charge in [0.25, 0.3) is 17.3 Å². The minimum atomic E-state index is -0.630.